The van der Waals surface area contributed by atoms with Gasteiger partial charge in [0.1, 0.15) is 0 Å². The topological polar surface area (TPSA) is 140 Å². The summed E-state index contributed by atoms with van der Waals surface area (Å²) in [6.45, 7) is 5.50. The van der Waals surface area contributed by atoms with E-state index < -0.39 is 24.3 Å². The van der Waals surface area contributed by atoms with Crippen LogP contribution in [0.5, 0.6) is 0 Å². The highest BCUT2D eigenvalue weighted by Crippen LogP contribution is 2.42. The number of piperidine rings is 2. The van der Waals surface area contributed by atoms with E-state index in [9.17, 15) is 36.2 Å². The molecular weight excluding hydrogens is 580 g/mol. The van der Waals surface area contributed by atoms with Crippen molar-refractivity contribution in [1.82, 2.24) is 14.8 Å². The van der Waals surface area contributed by atoms with Crippen LogP contribution in [-0.2, 0) is 25.5 Å². The average molecular weight is 616 g/mol. The molecule has 1 atom stereocenters. The number of aliphatic hydroxyl groups excluding tert-OH is 1. The van der Waals surface area contributed by atoms with Gasteiger partial charge in [0, 0.05) is 51.5 Å². The third kappa shape index (κ3) is 12.1. The number of aliphatic carboxylic acids is 2. The molecule has 3 saturated heterocycles. The lowest BCUT2D eigenvalue weighted by Crippen LogP contribution is -2.44. The minimum atomic E-state index is -5.08. The Balaban J connectivity index is 0.000000367. The molecular formula is C26H35F6N3O7. The Kier molecular flexibility index (Phi) is 13.0. The number of aliphatic hydroxyl groups is 1. The summed E-state index contributed by atoms with van der Waals surface area (Å²) in [6.07, 6.45) is -0.0376. The molecule has 3 fully saturated rings. The molecule has 0 bridgehead atoms. The van der Waals surface area contributed by atoms with Crippen LogP contribution in [0.15, 0.2) is 24.5 Å². The van der Waals surface area contributed by atoms with Crippen molar-refractivity contribution in [2.75, 3.05) is 39.3 Å². The van der Waals surface area contributed by atoms with E-state index >= 15 is 0 Å². The highest BCUT2D eigenvalue weighted by Gasteiger charge is 2.43. The van der Waals surface area contributed by atoms with Gasteiger partial charge in [0.15, 0.2) is 0 Å². The summed E-state index contributed by atoms with van der Waals surface area (Å²) >= 11 is 0. The lowest BCUT2D eigenvalue weighted by Gasteiger charge is -2.38. The lowest BCUT2D eigenvalue weighted by atomic mass is 9.76. The van der Waals surface area contributed by atoms with Gasteiger partial charge in [-0.2, -0.15) is 26.3 Å². The van der Waals surface area contributed by atoms with Gasteiger partial charge in [0.05, 0.1) is 18.8 Å². The van der Waals surface area contributed by atoms with Gasteiger partial charge in [0.25, 0.3) is 0 Å². The van der Waals surface area contributed by atoms with E-state index in [2.05, 4.69) is 9.88 Å². The summed E-state index contributed by atoms with van der Waals surface area (Å²) in [7, 11) is 0. The number of alkyl halides is 6. The monoisotopic (exact) mass is 615 g/mol. The van der Waals surface area contributed by atoms with Gasteiger partial charge in [-0.05, 0) is 55.6 Å². The molecule has 4 rings (SSSR count). The van der Waals surface area contributed by atoms with Crippen molar-refractivity contribution in [3.63, 3.8) is 0 Å². The molecule has 1 unspecified atom stereocenters. The number of nitrogens with zero attached hydrogens (tertiary/aromatic N) is 3. The molecule has 1 aromatic rings. The van der Waals surface area contributed by atoms with E-state index in [4.69, 9.17) is 24.5 Å². The molecule has 3 aliphatic heterocycles. The van der Waals surface area contributed by atoms with Crippen molar-refractivity contribution in [3.05, 3.63) is 30.1 Å². The summed E-state index contributed by atoms with van der Waals surface area (Å²) in [5.41, 5.74) is 1.39. The van der Waals surface area contributed by atoms with Gasteiger partial charge >= 0.3 is 24.3 Å². The minimum Gasteiger partial charge on any atom is -0.475 e. The fourth-order valence-corrected chi connectivity index (χ4v) is 4.94. The Morgan fingerprint density at radius 2 is 1.52 bits per heavy atom. The molecule has 10 nitrogen and oxygen atoms in total. The van der Waals surface area contributed by atoms with Gasteiger partial charge in [-0.25, -0.2) is 9.59 Å². The number of ether oxygens (including phenoxy) is 1. The Morgan fingerprint density at radius 3 is 2.00 bits per heavy atom. The van der Waals surface area contributed by atoms with E-state index in [-0.39, 0.29) is 17.4 Å². The molecule has 3 N–H and O–H groups in total. The SMILES string of the molecule is O=C(CCc1cccnc1)N1CCC2(CC1)COC(CN1CCC(O)CC1)C2.O=C(O)C(F)(F)F.O=C(O)C(F)(F)F. The van der Waals surface area contributed by atoms with Crippen LogP contribution in [-0.4, -0.2) is 112 Å². The maximum absolute atomic E-state index is 12.6. The van der Waals surface area contributed by atoms with Crippen LogP contribution >= 0.6 is 0 Å². The first-order chi connectivity index (χ1) is 19.5. The van der Waals surface area contributed by atoms with Crippen molar-refractivity contribution in [1.29, 1.82) is 0 Å². The molecule has 4 heterocycles. The van der Waals surface area contributed by atoms with Crippen LogP contribution in [0.4, 0.5) is 26.3 Å². The number of pyridine rings is 1. The Morgan fingerprint density at radius 1 is 0.976 bits per heavy atom. The van der Waals surface area contributed by atoms with Crippen LogP contribution in [0.3, 0.4) is 0 Å². The number of carboxylic acids is 2. The first-order valence-corrected chi connectivity index (χ1v) is 13.3. The maximum atomic E-state index is 12.6. The largest absolute Gasteiger partial charge is 0.490 e. The van der Waals surface area contributed by atoms with Gasteiger partial charge < -0.3 is 29.9 Å². The molecule has 1 amide bonds. The van der Waals surface area contributed by atoms with Crippen LogP contribution < -0.4 is 0 Å². The molecule has 42 heavy (non-hydrogen) atoms. The molecule has 0 radical (unpaired) electrons. The zero-order chi connectivity index (χ0) is 31.6. The fourth-order valence-electron chi connectivity index (χ4n) is 4.94. The quantitative estimate of drug-likeness (QED) is 0.426. The van der Waals surface area contributed by atoms with Gasteiger partial charge in [-0.3, -0.25) is 9.78 Å². The number of halogens is 6. The van der Waals surface area contributed by atoms with Crippen LogP contribution in [0.25, 0.3) is 0 Å². The molecule has 0 aliphatic carbocycles. The van der Waals surface area contributed by atoms with Gasteiger partial charge in [0.2, 0.25) is 5.91 Å². The molecule has 3 aliphatic rings. The van der Waals surface area contributed by atoms with Crippen LogP contribution in [0.2, 0.25) is 0 Å². The van der Waals surface area contributed by atoms with Gasteiger partial charge in [-0.1, -0.05) is 6.07 Å². The average Bonchev–Trinajstić information content (AvgIpc) is 3.30. The number of rotatable bonds is 5. The third-order valence-electron chi connectivity index (χ3n) is 7.32. The van der Waals surface area contributed by atoms with E-state index in [0.717, 1.165) is 83.4 Å². The third-order valence-corrected chi connectivity index (χ3v) is 7.32. The highest BCUT2D eigenvalue weighted by atomic mass is 19.4. The number of hydrogen-bond donors (Lipinski definition) is 3. The Labute approximate surface area is 238 Å². The summed E-state index contributed by atoms with van der Waals surface area (Å²) in [6, 6.07) is 3.96. The summed E-state index contributed by atoms with van der Waals surface area (Å²) < 4.78 is 69.6. The normalized spacial score (nSPS) is 21.1. The van der Waals surface area contributed by atoms with Crippen molar-refractivity contribution in [2.24, 2.45) is 5.41 Å². The van der Waals surface area contributed by atoms with Crippen molar-refractivity contribution in [2.45, 2.75) is 69.5 Å². The first-order valence-electron chi connectivity index (χ1n) is 13.3. The van der Waals surface area contributed by atoms with Crippen molar-refractivity contribution in [3.8, 4) is 0 Å². The number of carboxylic acid groups (broad SMARTS) is 2. The molecule has 0 aromatic carbocycles. The molecule has 16 heteroatoms. The summed E-state index contributed by atoms with van der Waals surface area (Å²) in [4.78, 5) is 39.0. The zero-order valence-electron chi connectivity index (χ0n) is 22.7. The van der Waals surface area contributed by atoms with Crippen LogP contribution in [0.1, 0.15) is 44.1 Å². The fraction of sp³-hybridized carbons (Fsp3) is 0.692. The first kappa shape index (κ1) is 35.2. The van der Waals surface area contributed by atoms with Crippen LogP contribution in [0, 0.1) is 5.41 Å². The number of aromatic nitrogens is 1. The van der Waals surface area contributed by atoms with Gasteiger partial charge in [-0.15, -0.1) is 0 Å². The predicted molar refractivity (Wildman–Crippen MR) is 134 cm³/mol. The number of carbonyl (C=O) groups excluding carboxylic acids is 1. The molecule has 1 spiro atoms. The van der Waals surface area contributed by atoms with E-state index in [1.165, 1.54) is 0 Å². The number of likely N-dealkylation sites (tertiary alicyclic amines) is 2. The number of hydrogen-bond acceptors (Lipinski definition) is 7. The second-order valence-electron chi connectivity index (χ2n) is 10.5. The van der Waals surface area contributed by atoms with Crippen molar-refractivity contribution >= 4 is 17.8 Å². The van der Waals surface area contributed by atoms with E-state index in [1.54, 1.807) is 6.20 Å². The maximum Gasteiger partial charge on any atom is 0.490 e. The Hall–Kier alpha value is -2.98. The Bertz CT molecular complexity index is 986. The standard InChI is InChI=1S/C22H33N3O3.2C2HF3O2/c26-19-5-10-24(11-6-19)16-20-14-22(17-28-20)7-12-25(13-8-22)21(27)4-3-18-2-1-9-23-15-18;2*3-2(4,5)1(6)7/h1-2,9,15,19-20,26H,3-8,10-14,16-17H2;2*(H,6,7). The number of carbonyl (C=O) groups is 3. The van der Waals surface area contributed by atoms with Crippen molar-refractivity contribution < 1.29 is 60.8 Å². The molecule has 1 aromatic heterocycles. The summed E-state index contributed by atoms with van der Waals surface area (Å²) in [5, 5.41) is 23.9. The second-order valence-corrected chi connectivity index (χ2v) is 10.5. The van der Waals surface area contributed by atoms with E-state index in [1.807, 2.05) is 23.2 Å². The van der Waals surface area contributed by atoms with E-state index in [0.29, 0.717) is 12.5 Å². The lowest BCUT2D eigenvalue weighted by molar-refractivity contribution is -0.193. The summed E-state index contributed by atoms with van der Waals surface area (Å²) in [5.74, 6) is -5.25. The minimum absolute atomic E-state index is 0.118. The zero-order valence-corrected chi connectivity index (χ0v) is 22.7. The predicted octanol–water partition coefficient (Wildman–Crippen LogP) is 3.14. The number of aryl methyl sites for hydroxylation is 1. The smallest absolute Gasteiger partial charge is 0.475 e. The second kappa shape index (κ2) is 15.5. The highest BCUT2D eigenvalue weighted by molar-refractivity contribution is 5.76. The molecule has 238 valence electrons. The molecule has 0 saturated carbocycles. The number of amides is 1.